The molecule has 0 unspecified atom stereocenters. The van der Waals surface area contributed by atoms with Gasteiger partial charge in [0.2, 0.25) is 11.8 Å². The van der Waals surface area contributed by atoms with Crippen molar-refractivity contribution in [2.24, 2.45) is 0 Å². The molecule has 0 saturated carbocycles. The summed E-state index contributed by atoms with van der Waals surface area (Å²) >= 11 is 0. The second kappa shape index (κ2) is 7.94. The smallest absolute Gasteiger partial charge is 0.245 e. The van der Waals surface area contributed by atoms with Gasteiger partial charge >= 0.3 is 0 Å². The van der Waals surface area contributed by atoms with E-state index in [-0.39, 0.29) is 18.4 Å². The van der Waals surface area contributed by atoms with E-state index >= 15 is 0 Å². The zero-order chi connectivity index (χ0) is 15.9. The van der Waals surface area contributed by atoms with E-state index in [0.29, 0.717) is 26.3 Å². The van der Waals surface area contributed by atoms with Crippen molar-refractivity contribution in [2.75, 3.05) is 26.2 Å². The summed E-state index contributed by atoms with van der Waals surface area (Å²) in [5, 5.41) is 0. The molecule has 1 aromatic carbocycles. The average Bonchev–Trinajstić information content (AvgIpc) is 2.53. The van der Waals surface area contributed by atoms with Gasteiger partial charge in [0.1, 0.15) is 6.04 Å². The minimum atomic E-state index is -0.395. The molecule has 1 saturated heterocycles. The maximum atomic E-state index is 12.2. The molecule has 0 aromatic heterocycles. The zero-order valence-corrected chi connectivity index (χ0v) is 13.3. The Labute approximate surface area is 131 Å². The number of nitrogens with zero attached hydrogens (tertiary/aromatic N) is 2. The van der Waals surface area contributed by atoms with E-state index in [1.54, 1.807) is 16.7 Å². The number of piperazine rings is 1. The van der Waals surface area contributed by atoms with Gasteiger partial charge < -0.3 is 14.5 Å². The topological polar surface area (TPSA) is 49.9 Å². The highest BCUT2D eigenvalue weighted by molar-refractivity contribution is 5.94. The van der Waals surface area contributed by atoms with E-state index in [1.807, 2.05) is 37.3 Å². The van der Waals surface area contributed by atoms with Gasteiger partial charge in [-0.3, -0.25) is 9.59 Å². The Morgan fingerprint density at radius 3 is 2.59 bits per heavy atom. The Kier molecular flexibility index (Phi) is 5.95. The minimum absolute atomic E-state index is 0.00358. The summed E-state index contributed by atoms with van der Waals surface area (Å²) in [5.41, 5.74) is 1.10. The Morgan fingerprint density at radius 1 is 1.18 bits per heavy atom. The number of amides is 2. The molecule has 1 aliphatic heterocycles. The SMILES string of the molecule is CCCN1CC(=O)N(CCOCc2ccccc2)[C@@H](C)C1=O. The van der Waals surface area contributed by atoms with Gasteiger partial charge in [0, 0.05) is 13.1 Å². The Bertz CT molecular complexity index is 504. The quantitative estimate of drug-likeness (QED) is 0.720. The first kappa shape index (κ1) is 16.5. The highest BCUT2D eigenvalue weighted by Gasteiger charge is 2.35. The van der Waals surface area contributed by atoms with Crippen LogP contribution in [-0.2, 0) is 20.9 Å². The summed E-state index contributed by atoms with van der Waals surface area (Å²) in [5.74, 6) is 0.0355. The van der Waals surface area contributed by atoms with Gasteiger partial charge in [0.05, 0.1) is 19.8 Å². The molecule has 1 atom stereocenters. The predicted molar refractivity (Wildman–Crippen MR) is 84.1 cm³/mol. The molecule has 0 bridgehead atoms. The molecule has 0 aliphatic carbocycles. The van der Waals surface area contributed by atoms with Gasteiger partial charge in [0.15, 0.2) is 0 Å². The van der Waals surface area contributed by atoms with Crippen LogP contribution in [-0.4, -0.2) is 53.9 Å². The van der Waals surface area contributed by atoms with Crippen LogP contribution < -0.4 is 0 Å². The van der Waals surface area contributed by atoms with Crippen LogP contribution in [0.5, 0.6) is 0 Å². The molecule has 0 spiro atoms. The molecule has 2 amide bonds. The molecule has 1 aliphatic rings. The van der Waals surface area contributed by atoms with Crippen LogP contribution >= 0.6 is 0 Å². The number of ether oxygens (including phenoxy) is 1. The summed E-state index contributed by atoms with van der Waals surface area (Å²) in [6.07, 6.45) is 0.867. The van der Waals surface area contributed by atoms with Crippen LogP contribution in [0.3, 0.4) is 0 Å². The molecular formula is C17H24N2O3. The predicted octanol–water partition coefficient (Wildman–Crippen LogP) is 1.67. The van der Waals surface area contributed by atoms with Gasteiger partial charge in [-0.25, -0.2) is 0 Å². The van der Waals surface area contributed by atoms with E-state index in [1.165, 1.54) is 0 Å². The lowest BCUT2D eigenvalue weighted by Gasteiger charge is -2.38. The first-order valence-corrected chi connectivity index (χ1v) is 7.83. The summed E-state index contributed by atoms with van der Waals surface area (Å²) in [7, 11) is 0. The number of carbonyl (C=O) groups excluding carboxylic acids is 2. The summed E-state index contributed by atoms with van der Waals surface area (Å²) in [6.45, 7) is 6.05. The van der Waals surface area contributed by atoms with Crippen LogP contribution in [0, 0.1) is 0 Å². The van der Waals surface area contributed by atoms with Crippen molar-refractivity contribution in [3.05, 3.63) is 35.9 Å². The highest BCUT2D eigenvalue weighted by atomic mass is 16.5. The molecule has 1 fully saturated rings. The van der Waals surface area contributed by atoms with Crippen LogP contribution in [0.15, 0.2) is 30.3 Å². The molecule has 5 heteroatoms. The van der Waals surface area contributed by atoms with Crippen molar-refractivity contribution in [2.45, 2.75) is 32.9 Å². The lowest BCUT2D eigenvalue weighted by molar-refractivity contribution is -0.155. The standard InChI is InChI=1S/C17H24N2O3/c1-3-9-18-12-16(20)19(14(2)17(18)21)10-11-22-13-15-7-5-4-6-8-15/h4-8,14H,3,9-13H2,1-2H3/t14-/m0/s1. The highest BCUT2D eigenvalue weighted by Crippen LogP contribution is 2.13. The fraction of sp³-hybridized carbons (Fsp3) is 0.529. The van der Waals surface area contributed by atoms with Gasteiger partial charge in [-0.2, -0.15) is 0 Å². The Balaban J connectivity index is 1.80. The molecule has 5 nitrogen and oxygen atoms in total. The van der Waals surface area contributed by atoms with E-state index in [9.17, 15) is 9.59 Å². The molecule has 0 radical (unpaired) electrons. The fourth-order valence-corrected chi connectivity index (χ4v) is 2.65. The van der Waals surface area contributed by atoms with E-state index < -0.39 is 6.04 Å². The average molecular weight is 304 g/mol. The first-order chi connectivity index (χ1) is 10.6. The van der Waals surface area contributed by atoms with Crippen LogP contribution in [0.2, 0.25) is 0 Å². The van der Waals surface area contributed by atoms with Crippen molar-refractivity contribution in [3.8, 4) is 0 Å². The zero-order valence-electron chi connectivity index (χ0n) is 13.3. The maximum absolute atomic E-state index is 12.2. The van der Waals surface area contributed by atoms with Gasteiger partial charge in [-0.05, 0) is 18.9 Å². The van der Waals surface area contributed by atoms with Crippen molar-refractivity contribution in [1.29, 1.82) is 0 Å². The van der Waals surface area contributed by atoms with Crippen LogP contribution in [0.4, 0.5) is 0 Å². The van der Waals surface area contributed by atoms with Crippen molar-refractivity contribution >= 4 is 11.8 Å². The van der Waals surface area contributed by atoms with E-state index in [0.717, 1.165) is 12.0 Å². The van der Waals surface area contributed by atoms with Crippen molar-refractivity contribution in [3.63, 3.8) is 0 Å². The second-order valence-electron chi connectivity index (χ2n) is 5.56. The summed E-state index contributed by atoms with van der Waals surface area (Å²) in [4.78, 5) is 27.7. The van der Waals surface area contributed by atoms with Crippen LogP contribution in [0.1, 0.15) is 25.8 Å². The van der Waals surface area contributed by atoms with Gasteiger partial charge in [0.25, 0.3) is 0 Å². The number of rotatable bonds is 7. The van der Waals surface area contributed by atoms with E-state index in [2.05, 4.69) is 0 Å². The minimum Gasteiger partial charge on any atom is -0.375 e. The Morgan fingerprint density at radius 2 is 1.91 bits per heavy atom. The molecule has 120 valence electrons. The summed E-state index contributed by atoms with van der Waals surface area (Å²) < 4.78 is 5.61. The molecular weight excluding hydrogens is 280 g/mol. The third-order valence-corrected chi connectivity index (χ3v) is 3.86. The normalized spacial score (nSPS) is 18.9. The molecule has 1 aromatic rings. The number of carbonyl (C=O) groups is 2. The molecule has 1 heterocycles. The first-order valence-electron chi connectivity index (χ1n) is 7.83. The lowest BCUT2D eigenvalue weighted by atomic mass is 10.1. The monoisotopic (exact) mass is 304 g/mol. The largest absolute Gasteiger partial charge is 0.375 e. The maximum Gasteiger partial charge on any atom is 0.245 e. The lowest BCUT2D eigenvalue weighted by Crippen LogP contribution is -2.59. The third kappa shape index (κ3) is 4.07. The van der Waals surface area contributed by atoms with E-state index in [4.69, 9.17) is 4.74 Å². The number of hydrogen-bond acceptors (Lipinski definition) is 3. The number of hydrogen-bond donors (Lipinski definition) is 0. The number of benzene rings is 1. The third-order valence-electron chi connectivity index (χ3n) is 3.86. The van der Waals surface area contributed by atoms with Crippen molar-refractivity contribution in [1.82, 2.24) is 9.80 Å². The molecule has 0 N–H and O–H groups in total. The second-order valence-corrected chi connectivity index (χ2v) is 5.56. The van der Waals surface area contributed by atoms with Crippen LogP contribution in [0.25, 0.3) is 0 Å². The molecule has 2 rings (SSSR count). The fourth-order valence-electron chi connectivity index (χ4n) is 2.65. The van der Waals surface area contributed by atoms with Gasteiger partial charge in [-0.15, -0.1) is 0 Å². The molecule has 22 heavy (non-hydrogen) atoms. The van der Waals surface area contributed by atoms with Crippen molar-refractivity contribution < 1.29 is 14.3 Å². The van der Waals surface area contributed by atoms with Gasteiger partial charge in [-0.1, -0.05) is 37.3 Å². The summed E-state index contributed by atoms with van der Waals surface area (Å²) in [6, 6.07) is 9.51. The Hall–Kier alpha value is -1.88.